The van der Waals surface area contributed by atoms with Crippen molar-refractivity contribution in [3.05, 3.63) is 44.0 Å². The summed E-state index contributed by atoms with van der Waals surface area (Å²) in [5, 5.41) is 0.655. The minimum absolute atomic E-state index is 0.199. The zero-order valence-electron chi connectivity index (χ0n) is 17.9. The summed E-state index contributed by atoms with van der Waals surface area (Å²) in [5.41, 5.74) is 2.44. The first-order valence-corrected chi connectivity index (χ1v) is 11.9. The summed E-state index contributed by atoms with van der Waals surface area (Å²) >= 11 is 2.83. The first kappa shape index (κ1) is 22.5. The van der Waals surface area contributed by atoms with E-state index in [1.807, 2.05) is 25.3 Å². The number of thiophene rings is 1. The Morgan fingerprint density at radius 3 is 2.63 bits per heavy atom. The molecule has 8 heteroatoms. The Balaban J connectivity index is 2.18. The average molecular weight is 449 g/mol. The molecule has 1 aliphatic carbocycles. The number of carbonyl (C=O) groups is 2. The van der Waals surface area contributed by atoms with Crippen LogP contribution in [0.25, 0.3) is 0 Å². The van der Waals surface area contributed by atoms with Crippen LogP contribution in [0, 0.1) is 6.92 Å². The van der Waals surface area contributed by atoms with Crippen LogP contribution in [0.3, 0.4) is 0 Å². The maximum Gasteiger partial charge on any atom is 0.350 e. The normalized spacial score (nSPS) is 14.0. The van der Waals surface area contributed by atoms with Crippen molar-refractivity contribution in [2.75, 3.05) is 6.61 Å². The third-order valence-corrected chi connectivity index (χ3v) is 7.17. The molecule has 6 nitrogen and oxygen atoms in total. The predicted molar refractivity (Wildman–Crippen MR) is 120 cm³/mol. The molecule has 30 heavy (non-hydrogen) atoms. The van der Waals surface area contributed by atoms with Gasteiger partial charge >= 0.3 is 11.9 Å². The van der Waals surface area contributed by atoms with Crippen molar-refractivity contribution in [2.45, 2.75) is 66.0 Å². The van der Waals surface area contributed by atoms with E-state index >= 15 is 0 Å². The van der Waals surface area contributed by atoms with Gasteiger partial charge in [-0.1, -0.05) is 17.4 Å². The molecule has 0 N–H and O–H groups in total. The van der Waals surface area contributed by atoms with Crippen molar-refractivity contribution in [2.24, 2.45) is 4.99 Å². The molecular formula is C22H28N2O4S2. The summed E-state index contributed by atoms with van der Waals surface area (Å²) in [6.07, 6.45) is 5.58. The van der Waals surface area contributed by atoms with Gasteiger partial charge in [-0.2, -0.15) is 0 Å². The van der Waals surface area contributed by atoms with Crippen LogP contribution >= 0.6 is 22.7 Å². The SMILES string of the molecule is C=CCn1c(C)c(C(=O)OCC)s/c1=N\c1sc2c(c1C(=O)OC(C)C)CCCC2. The zero-order chi connectivity index (χ0) is 21.8. The fourth-order valence-corrected chi connectivity index (χ4v) is 5.85. The summed E-state index contributed by atoms with van der Waals surface area (Å²) < 4.78 is 12.7. The minimum atomic E-state index is -0.357. The lowest BCUT2D eigenvalue weighted by Crippen LogP contribution is -2.16. The molecule has 0 aliphatic heterocycles. The van der Waals surface area contributed by atoms with Gasteiger partial charge in [-0.15, -0.1) is 17.9 Å². The molecule has 162 valence electrons. The second kappa shape index (κ2) is 9.75. The van der Waals surface area contributed by atoms with Gasteiger partial charge in [0, 0.05) is 17.1 Å². The fraction of sp³-hybridized carbons (Fsp3) is 0.500. The van der Waals surface area contributed by atoms with Gasteiger partial charge in [-0.25, -0.2) is 14.6 Å². The maximum atomic E-state index is 12.9. The summed E-state index contributed by atoms with van der Waals surface area (Å²) in [7, 11) is 0. The highest BCUT2D eigenvalue weighted by Crippen LogP contribution is 2.40. The van der Waals surface area contributed by atoms with E-state index in [1.165, 1.54) is 16.2 Å². The van der Waals surface area contributed by atoms with Crippen molar-refractivity contribution in [3.8, 4) is 0 Å². The molecule has 0 aromatic carbocycles. The first-order valence-electron chi connectivity index (χ1n) is 10.3. The number of allylic oxidation sites excluding steroid dienone is 1. The number of aromatic nitrogens is 1. The van der Waals surface area contributed by atoms with E-state index < -0.39 is 0 Å². The lowest BCUT2D eigenvalue weighted by Gasteiger charge is -2.13. The highest BCUT2D eigenvalue weighted by Gasteiger charge is 2.27. The van der Waals surface area contributed by atoms with E-state index in [0.717, 1.165) is 36.9 Å². The molecule has 1 aliphatic rings. The molecule has 0 atom stereocenters. The van der Waals surface area contributed by atoms with Gasteiger partial charge in [0.1, 0.15) is 9.88 Å². The van der Waals surface area contributed by atoms with Crippen LogP contribution in [0.5, 0.6) is 0 Å². The van der Waals surface area contributed by atoms with Crippen LogP contribution in [0.4, 0.5) is 5.00 Å². The molecule has 0 radical (unpaired) electrons. The molecule has 0 saturated carbocycles. The summed E-state index contributed by atoms with van der Waals surface area (Å²) in [4.78, 5) is 32.5. The predicted octanol–water partition coefficient (Wildman–Crippen LogP) is 4.96. The number of nitrogens with zero attached hydrogens (tertiary/aromatic N) is 2. The summed E-state index contributed by atoms with van der Waals surface area (Å²) in [5.74, 6) is -0.679. The number of thiazole rings is 1. The highest BCUT2D eigenvalue weighted by molar-refractivity contribution is 7.16. The van der Waals surface area contributed by atoms with E-state index in [0.29, 0.717) is 33.4 Å². The number of fused-ring (bicyclic) bond motifs is 1. The van der Waals surface area contributed by atoms with E-state index in [9.17, 15) is 9.59 Å². The van der Waals surface area contributed by atoms with Crippen LogP contribution in [-0.2, 0) is 28.9 Å². The third kappa shape index (κ3) is 4.59. The van der Waals surface area contributed by atoms with Crippen LogP contribution in [0.15, 0.2) is 17.6 Å². The van der Waals surface area contributed by atoms with Crippen LogP contribution < -0.4 is 4.80 Å². The second-order valence-electron chi connectivity index (χ2n) is 7.38. The molecule has 2 aromatic rings. The molecule has 2 heterocycles. The fourth-order valence-electron chi connectivity index (χ4n) is 3.50. The zero-order valence-corrected chi connectivity index (χ0v) is 19.6. The number of ether oxygens (including phenoxy) is 2. The number of rotatable bonds is 7. The molecular weight excluding hydrogens is 420 g/mol. The van der Waals surface area contributed by atoms with Gasteiger partial charge in [-0.05, 0) is 58.9 Å². The Morgan fingerprint density at radius 2 is 1.97 bits per heavy atom. The van der Waals surface area contributed by atoms with Crippen molar-refractivity contribution in [3.63, 3.8) is 0 Å². The number of hydrogen-bond acceptors (Lipinski definition) is 7. The second-order valence-corrected chi connectivity index (χ2v) is 9.44. The Bertz CT molecular complexity index is 1030. The van der Waals surface area contributed by atoms with Crippen molar-refractivity contribution < 1.29 is 19.1 Å². The van der Waals surface area contributed by atoms with E-state index in [4.69, 9.17) is 14.5 Å². The third-order valence-electron chi connectivity index (χ3n) is 4.83. The molecule has 0 bridgehead atoms. The maximum absolute atomic E-state index is 12.9. The van der Waals surface area contributed by atoms with Gasteiger partial charge in [0.05, 0.1) is 18.3 Å². The monoisotopic (exact) mass is 448 g/mol. The number of hydrogen-bond donors (Lipinski definition) is 0. The molecule has 0 saturated heterocycles. The Kier molecular flexibility index (Phi) is 7.31. The Hall–Kier alpha value is -2.19. The van der Waals surface area contributed by atoms with Crippen molar-refractivity contribution >= 4 is 39.6 Å². The van der Waals surface area contributed by atoms with Gasteiger partial charge in [0.2, 0.25) is 0 Å². The molecule has 0 amide bonds. The number of esters is 2. The van der Waals surface area contributed by atoms with Crippen molar-refractivity contribution in [1.29, 1.82) is 0 Å². The lowest BCUT2D eigenvalue weighted by molar-refractivity contribution is 0.0377. The van der Waals surface area contributed by atoms with Crippen LogP contribution in [0.1, 0.15) is 69.8 Å². The molecule has 0 unspecified atom stereocenters. The van der Waals surface area contributed by atoms with Gasteiger partial charge < -0.3 is 14.0 Å². The average Bonchev–Trinajstić information content (AvgIpc) is 3.20. The standard InChI is InChI=1S/C22H28N2O4S2/c1-6-12-24-14(5)18(21(26)27-7-2)30-22(24)23-19-17(20(25)28-13(3)4)15-10-8-9-11-16(15)29-19/h6,13H,1,7-12H2,2-5H3/b23-22-. The number of aryl methyl sites for hydroxylation is 1. The Labute approximate surface area is 184 Å². The summed E-state index contributed by atoms with van der Waals surface area (Å²) in [6, 6.07) is 0. The van der Waals surface area contributed by atoms with E-state index in [1.54, 1.807) is 24.3 Å². The van der Waals surface area contributed by atoms with Crippen LogP contribution in [-0.4, -0.2) is 29.2 Å². The van der Waals surface area contributed by atoms with E-state index in [2.05, 4.69) is 6.58 Å². The van der Waals surface area contributed by atoms with Crippen LogP contribution in [0.2, 0.25) is 0 Å². The molecule has 2 aromatic heterocycles. The minimum Gasteiger partial charge on any atom is -0.462 e. The highest BCUT2D eigenvalue weighted by atomic mass is 32.1. The smallest absolute Gasteiger partial charge is 0.350 e. The summed E-state index contributed by atoms with van der Waals surface area (Å²) in [6.45, 7) is 12.0. The van der Waals surface area contributed by atoms with Gasteiger partial charge in [0.15, 0.2) is 4.80 Å². The van der Waals surface area contributed by atoms with Gasteiger partial charge in [-0.3, -0.25) is 0 Å². The Morgan fingerprint density at radius 1 is 1.23 bits per heavy atom. The molecule has 3 rings (SSSR count). The first-order chi connectivity index (χ1) is 14.4. The quantitative estimate of drug-likeness (QED) is 0.443. The molecule has 0 fully saturated rings. The lowest BCUT2D eigenvalue weighted by atomic mass is 9.95. The largest absolute Gasteiger partial charge is 0.462 e. The van der Waals surface area contributed by atoms with Crippen molar-refractivity contribution in [1.82, 2.24) is 4.57 Å². The topological polar surface area (TPSA) is 69.9 Å². The number of carbonyl (C=O) groups excluding carboxylic acids is 2. The van der Waals surface area contributed by atoms with Gasteiger partial charge in [0.25, 0.3) is 0 Å². The van der Waals surface area contributed by atoms with E-state index in [-0.39, 0.29) is 18.0 Å². The molecule has 0 spiro atoms.